The summed E-state index contributed by atoms with van der Waals surface area (Å²) in [5.74, 6) is 0.366. The van der Waals surface area contributed by atoms with E-state index < -0.39 is 0 Å². The van der Waals surface area contributed by atoms with E-state index in [0.717, 1.165) is 24.2 Å². The standard InChI is InChI=1S/C15H22N2O2/c1-10-4-5-12(13(8-10)16-3)15(19)17-7-6-11(2)14(17)9-18/h4-5,8,11,14,16,18H,6-7,9H2,1-3H3. The molecule has 104 valence electrons. The zero-order valence-corrected chi connectivity index (χ0v) is 11.8. The second kappa shape index (κ2) is 5.61. The molecule has 4 heteroatoms. The third kappa shape index (κ3) is 2.59. The topological polar surface area (TPSA) is 52.6 Å². The van der Waals surface area contributed by atoms with E-state index in [2.05, 4.69) is 12.2 Å². The van der Waals surface area contributed by atoms with E-state index in [1.165, 1.54) is 0 Å². The summed E-state index contributed by atoms with van der Waals surface area (Å²) >= 11 is 0. The average molecular weight is 262 g/mol. The number of likely N-dealkylation sites (tertiary alicyclic amines) is 1. The first-order valence-corrected chi connectivity index (χ1v) is 6.78. The number of aryl methyl sites for hydroxylation is 1. The Labute approximate surface area is 114 Å². The number of aliphatic hydroxyl groups is 1. The largest absolute Gasteiger partial charge is 0.394 e. The second-order valence-electron chi connectivity index (χ2n) is 5.31. The predicted octanol–water partition coefficient (Wildman–Crippen LogP) is 1.88. The fraction of sp³-hybridized carbons (Fsp3) is 0.533. The number of nitrogens with zero attached hydrogens (tertiary/aromatic N) is 1. The van der Waals surface area contributed by atoms with Gasteiger partial charge in [0.2, 0.25) is 0 Å². The van der Waals surface area contributed by atoms with Crippen molar-refractivity contribution in [2.24, 2.45) is 5.92 Å². The number of carbonyl (C=O) groups is 1. The van der Waals surface area contributed by atoms with Crippen LogP contribution in [0.2, 0.25) is 0 Å². The summed E-state index contributed by atoms with van der Waals surface area (Å²) in [4.78, 5) is 14.4. The molecule has 1 aliphatic rings. The molecule has 1 aromatic rings. The Bertz CT molecular complexity index is 473. The minimum Gasteiger partial charge on any atom is -0.394 e. The molecule has 1 aliphatic heterocycles. The Balaban J connectivity index is 2.29. The van der Waals surface area contributed by atoms with Gasteiger partial charge in [-0.25, -0.2) is 0 Å². The van der Waals surface area contributed by atoms with Crippen molar-refractivity contribution in [2.45, 2.75) is 26.3 Å². The van der Waals surface area contributed by atoms with Gasteiger partial charge < -0.3 is 15.3 Å². The van der Waals surface area contributed by atoms with Gasteiger partial charge in [-0.2, -0.15) is 0 Å². The summed E-state index contributed by atoms with van der Waals surface area (Å²) in [6.45, 7) is 4.85. The molecule has 4 nitrogen and oxygen atoms in total. The monoisotopic (exact) mass is 262 g/mol. The molecule has 0 radical (unpaired) electrons. The third-order valence-corrected chi connectivity index (χ3v) is 4.01. The molecule has 19 heavy (non-hydrogen) atoms. The molecule has 0 aliphatic carbocycles. The van der Waals surface area contributed by atoms with E-state index in [1.54, 1.807) is 4.90 Å². The van der Waals surface area contributed by atoms with Gasteiger partial charge in [0.15, 0.2) is 0 Å². The Hall–Kier alpha value is -1.55. The maximum Gasteiger partial charge on any atom is 0.256 e. The van der Waals surface area contributed by atoms with Crippen LogP contribution in [-0.4, -0.2) is 42.2 Å². The highest BCUT2D eigenvalue weighted by atomic mass is 16.3. The lowest BCUT2D eigenvalue weighted by Gasteiger charge is -2.26. The number of hydrogen-bond donors (Lipinski definition) is 2. The van der Waals surface area contributed by atoms with Crippen LogP contribution in [0.4, 0.5) is 5.69 Å². The molecule has 0 saturated carbocycles. The van der Waals surface area contributed by atoms with Gasteiger partial charge in [-0.15, -0.1) is 0 Å². The van der Waals surface area contributed by atoms with Gasteiger partial charge in [-0.3, -0.25) is 4.79 Å². The van der Waals surface area contributed by atoms with Gasteiger partial charge >= 0.3 is 0 Å². The van der Waals surface area contributed by atoms with Crippen LogP contribution < -0.4 is 5.32 Å². The first kappa shape index (κ1) is 13.9. The van der Waals surface area contributed by atoms with Gasteiger partial charge in [0.1, 0.15) is 0 Å². The van der Waals surface area contributed by atoms with E-state index in [9.17, 15) is 9.90 Å². The number of amides is 1. The maximum absolute atomic E-state index is 12.6. The van der Waals surface area contributed by atoms with Gasteiger partial charge in [0, 0.05) is 19.3 Å². The summed E-state index contributed by atoms with van der Waals surface area (Å²) in [6.07, 6.45) is 0.956. The lowest BCUT2D eigenvalue weighted by molar-refractivity contribution is 0.0649. The zero-order valence-electron chi connectivity index (χ0n) is 11.8. The first-order chi connectivity index (χ1) is 9.08. The number of carbonyl (C=O) groups excluding carboxylic acids is 1. The highest BCUT2D eigenvalue weighted by Crippen LogP contribution is 2.27. The molecule has 2 rings (SSSR count). The molecule has 2 unspecified atom stereocenters. The molecule has 1 amide bonds. The van der Waals surface area contributed by atoms with Gasteiger partial charge in [-0.1, -0.05) is 13.0 Å². The van der Waals surface area contributed by atoms with Crippen LogP contribution >= 0.6 is 0 Å². The summed E-state index contributed by atoms with van der Waals surface area (Å²) in [6, 6.07) is 5.72. The molecule has 1 saturated heterocycles. The number of benzene rings is 1. The lowest BCUT2D eigenvalue weighted by atomic mass is 10.0. The molecule has 1 fully saturated rings. The van der Waals surface area contributed by atoms with Crippen LogP contribution in [0.25, 0.3) is 0 Å². The van der Waals surface area contributed by atoms with E-state index >= 15 is 0 Å². The lowest BCUT2D eigenvalue weighted by Crippen LogP contribution is -2.40. The number of rotatable bonds is 3. The molecule has 0 bridgehead atoms. The highest BCUT2D eigenvalue weighted by Gasteiger charge is 2.34. The summed E-state index contributed by atoms with van der Waals surface area (Å²) in [5, 5.41) is 12.5. The van der Waals surface area contributed by atoms with Crippen molar-refractivity contribution in [1.29, 1.82) is 0 Å². The Morgan fingerprint density at radius 2 is 2.26 bits per heavy atom. The summed E-state index contributed by atoms with van der Waals surface area (Å²) < 4.78 is 0. The van der Waals surface area contributed by atoms with Gasteiger partial charge in [-0.05, 0) is 37.0 Å². The number of hydrogen-bond acceptors (Lipinski definition) is 3. The number of anilines is 1. The molecule has 0 aromatic heterocycles. The smallest absolute Gasteiger partial charge is 0.256 e. The SMILES string of the molecule is CNc1cc(C)ccc1C(=O)N1CCC(C)C1CO. The Morgan fingerprint density at radius 3 is 2.89 bits per heavy atom. The third-order valence-electron chi connectivity index (χ3n) is 4.01. The molecule has 0 spiro atoms. The van der Waals surface area contributed by atoms with Crippen LogP contribution in [0.5, 0.6) is 0 Å². The Kier molecular flexibility index (Phi) is 4.10. The maximum atomic E-state index is 12.6. The number of nitrogens with one attached hydrogen (secondary N) is 1. The van der Waals surface area contributed by atoms with Crippen molar-refractivity contribution in [2.75, 3.05) is 25.5 Å². The van der Waals surface area contributed by atoms with Crippen LogP contribution in [0.15, 0.2) is 18.2 Å². The molecular weight excluding hydrogens is 240 g/mol. The van der Waals surface area contributed by atoms with Crippen LogP contribution in [-0.2, 0) is 0 Å². The molecule has 1 aromatic carbocycles. The number of aliphatic hydroxyl groups excluding tert-OH is 1. The van der Waals surface area contributed by atoms with Crippen molar-refractivity contribution in [3.8, 4) is 0 Å². The zero-order chi connectivity index (χ0) is 14.0. The van der Waals surface area contributed by atoms with Crippen LogP contribution in [0, 0.1) is 12.8 Å². The quantitative estimate of drug-likeness (QED) is 0.874. The summed E-state index contributed by atoms with van der Waals surface area (Å²) in [5.41, 5.74) is 2.65. The van der Waals surface area contributed by atoms with Crippen molar-refractivity contribution in [3.05, 3.63) is 29.3 Å². The normalized spacial score (nSPS) is 22.6. The van der Waals surface area contributed by atoms with Crippen molar-refractivity contribution in [1.82, 2.24) is 4.90 Å². The molecular formula is C15H22N2O2. The van der Waals surface area contributed by atoms with Crippen molar-refractivity contribution >= 4 is 11.6 Å². The van der Waals surface area contributed by atoms with Crippen LogP contribution in [0.1, 0.15) is 29.3 Å². The van der Waals surface area contributed by atoms with Gasteiger partial charge in [0.25, 0.3) is 5.91 Å². The second-order valence-corrected chi connectivity index (χ2v) is 5.31. The molecule has 2 atom stereocenters. The predicted molar refractivity (Wildman–Crippen MR) is 76.4 cm³/mol. The van der Waals surface area contributed by atoms with Gasteiger partial charge in [0.05, 0.1) is 18.2 Å². The average Bonchev–Trinajstić information content (AvgIpc) is 2.78. The van der Waals surface area contributed by atoms with Crippen molar-refractivity contribution < 1.29 is 9.90 Å². The van der Waals surface area contributed by atoms with E-state index in [-0.39, 0.29) is 18.6 Å². The van der Waals surface area contributed by atoms with E-state index in [0.29, 0.717) is 11.5 Å². The van der Waals surface area contributed by atoms with Crippen molar-refractivity contribution in [3.63, 3.8) is 0 Å². The minimum atomic E-state index is -0.0569. The highest BCUT2D eigenvalue weighted by molar-refractivity contribution is 6.00. The molecule has 1 heterocycles. The fourth-order valence-corrected chi connectivity index (χ4v) is 2.74. The first-order valence-electron chi connectivity index (χ1n) is 6.78. The van der Waals surface area contributed by atoms with Crippen LogP contribution in [0.3, 0.4) is 0 Å². The Morgan fingerprint density at radius 1 is 1.53 bits per heavy atom. The van der Waals surface area contributed by atoms with E-state index in [4.69, 9.17) is 0 Å². The fourth-order valence-electron chi connectivity index (χ4n) is 2.74. The summed E-state index contributed by atoms with van der Waals surface area (Å²) in [7, 11) is 1.82. The van der Waals surface area contributed by atoms with E-state index in [1.807, 2.05) is 32.2 Å². The molecule has 2 N–H and O–H groups in total. The minimum absolute atomic E-state index is 0.00718.